The van der Waals surface area contributed by atoms with Crippen LogP contribution >= 0.6 is 0 Å². The second-order valence-electron chi connectivity index (χ2n) is 10.5. The molecule has 1 atom stereocenters. The molecule has 2 aliphatic heterocycles. The van der Waals surface area contributed by atoms with Crippen LogP contribution in [0.15, 0.2) is 36.5 Å². The number of fused-ring (bicyclic) bond motifs is 2. The average Bonchev–Trinajstić information content (AvgIpc) is 3.09. The molecule has 1 aromatic carbocycles. The molecule has 2 fully saturated rings. The van der Waals surface area contributed by atoms with Crippen molar-refractivity contribution in [2.75, 3.05) is 48.5 Å². The van der Waals surface area contributed by atoms with Gasteiger partial charge in [-0.15, -0.1) is 0 Å². The first-order valence-corrected chi connectivity index (χ1v) is 13.5. The maximum absolute atomic E-state index is 14.0. The van der Waals surface area contributed by atoms with E-state index in [9.17, 15) is 18.0 Å². The van der Waals surface area contributed by atoms with E-state index in [1.165, 1.54) is 4.90 Å². The summed E-state index contributed by atoms with van der Waals surface area (Å²) in [7, 11) is 1.57. The lowest BCUT2D eigenvalue weighted by atomic mass is 9.83. The van der Waals surface area contributed by atoms with Crippen molar-refractivity contribution in [2.45, 2.75) is 63.8 Å². The molecular weight excluding hydrogens is 495 g/mol. The molecule has 3 heterocycles. The van der Waals surface area contributed by atoms with Crippen molar-refractivity contribution in [2.24, 2.45) is 5.92 Å². The molecule has 1 amide bonds. The minimum atomic E-state index is -4.25. The minimum Gasteiger partial charge on any atom is -0.378 e. The predicted molar refractivity (Wildman–Crippen MR) is 142 cm³/mol. The Kier molecular flexibility index (Phi) is 7.81. The normalized spacial score (nSPS) is 22.8. The van der Waals surface area contributed by atoms with E-state index >= 15 is 0 Å². The molecule has 1 N–H and O–H groups in total. The highest BCUT2D eigenvalue weighted by Crippen LogP contribution is 2.40. The standard InChI is InChI=1S/C28H36F3N5O2/c1-3-25(28(29,30)31)34(2)21-8-6-19(7-9-21)27(37)36-18-20-5-4-12-32-26(20)33-23-11-10-22(17-24(23)36)35-13-15-38-16-14-35/h4-5,10-12,17,19,21,25H,3,6-9,13-16,18H2,1-2H3,(H,32,33)/t19-,21-,25?. The largest absolute Gasteiger partial charge is 0.404 e. The number of hydrogen-bond acceptors (Lipinski definition) is 6. The fourth-order valence-corrected chi connectivity index (χ4v) is 6.08. The van der Waals surface area contributed by atoms with E-state index in [4.69, 9.17) is 4.74 Å². The molecule has 1 aliphatic carbocycles. The van der Waals surface area contributed by atoms with Gasteiger partial charge in [0.15, 0.2) is 0 Å². The van der Waals surface area contributed by atoms with Gasteiger partial charge in [-0.05, 0) is 63.4 Å². The number of pyridine rings is 1. The summed E-state index contributed by atoms with van der Waals surface area (Å²) in [5.74, 6) is 0.517. The second-order valence-corrected chi connectivity index (χ2v) is 10.5. The second kappa shape index (κ2) is 11.1. The summed E-state index contributed by atoms with van der Waals surface area (Å²) >= 11 is 0. The van der Waals surface area contributed by atoms with Gasteiger partial charge in [-0.3, -0.25) is 9.69 Å². The molecule has 1 saturated heterocycles. The van der Waals surface area contributed by atoms with Gasteiger partial charge in [-0.1, -0.05) is 13.0 Å². The van der Waals surface area contributed by atoms with Crippen LogP contribution in [0, 0.1) is 5.92 Å². The number of benzene rings is 1. The van der Waals surface area contributed by atoms with Crippen molar-refractivity contribution in [3.05, 3.63) is 42.1 Å². The molecule has 5 rings (SSSR count). The molecule has 1 aromatic heterocycles. The van der Waals surface area contributed by atoms with E-state index in [2.05, 4.69) is 27.3 Å². The zero-order valence-corrected chi connectivity index (χ0v) is 22.0. The number of morpholine rings is 1. The van der Waals surface area contributed by atoms with Gasteiger partial charge in [0.2, 0.25) is 5.91 Å². The number of carbonyl (C=O) groups is 1. The zero-order chi connectivity index (χ0) is 26.9. The Bertz CT molecular complexity index is 1130. The van der Waals surface area contributed by atoms with Crippen molar-refractivity contribution >= 4 is 28.8 Å². The van der Waals surface area contributed by atoms with Crippen LogP contribution in [0.25, 0.3) is 0 Å². The lowest BCUT2D eigenvalue weighted by Gasteiger charge is -2.40. The number of halogens is 3. The molecule has 38 heavy (non-hydrogen) atoms. The fourth-order valence-electron chi connectivity index (χ4n) is 6.08. The number of rotatable bonds is 5. The van der Waals surface area contributed by atoms with Crippen molar-refractivity contribution in [1.82, 2.24) is 9.88 Å². The van der Waals surface area contributed by atoms with Crippen LogP contribution in [0.3, 0.4) is 0 Å². The highest BCUT2D eigenvalue weighted by Gasteiger charge is 2.44. The predicted octanol–water partition coefficient (Wildman–Crippen LogP) is 5.34. The fraction of sp³-hybridized carbons (Fsp3) is 0.571. The van der Waals surface area contributed by atoms with E-state index in [0.29, 0.717) is 45.4 Å². The Morgan fingerprint density at radius 2 is 1.92 bits per heavy atom. The van der Waals surface area contributed by atoms with Gasteiger partial charge < -0.3 is 19.9 Å². The Morgan fingerprint density at radius 1 is 1.18 bits per heavy atom. The van der Waals surface area contributed by atoms with Gasteiger partial charge in [0, 0.05) is 42.5 Å². The highest BCUT2D eigenvalue weighted by molar-refractivity contribution is 6.00. The third-order valence-electron chi connectivity index (χ3n) is 8.27. The SMILES string of the molecule is CCC(N(C)[C@H]1CC[C@H](C(=O)N2Cc3cccnc3Nc3ccc(N4CCOCC4)cc32)CC1)C(F)(F)F. The maximum atomic E-state index is 14.0. The number of hydrogen-bond donors (Lipinski definition) is 1. The van der Waals surface area contributed by atoms with Crippen LogP contribution in [0.5, 0.6) is 0 Å². The molecule has 1 saturated carbocycles. The molecule has 206 valence electrons. The first-order chi connectivity index (χ1) is 18.3. The van der Waals surface area contributed by atoms with E-state index in [0.717, 1.165) is 41.5 Å². The lowest BCUT2D eigenvalue weighted by Crippen LogP contribution is -2.50. The average molecular weight is 532 g/mol. The molecular formula is C28H36F3N5O2. The number of nitrogens with zero attached hydrogens (tertiary/aromatic N) is 4. The number of aromatic nitrogens is 1. The third kappa shape index (κ3) is 5.47. The van der Waals surface area contributed by atoms with Crippen LogP contribution in [0.4, 0.5) is 36.1 Å². The highest BCUT2D eigenvalue weighted by atomic mass is 19.4. The molecule has 0 bridgehead atoms. The molecule has 3 aliphatic rings. The number of carbonyl (C=O) groups excluding carboxylic acids is 1. The van der Waals surface area contributed by atoms with E-state index in [1.807, 2.05) is 23.1 Å². The van der Waals surface area contributed by atoms with Gasteiger partial charge in [-0.2, -0.15) is 13.2 Å². The van der Waals surface area contributed by atoms with Crippen LogP contribution in [0.2, 0.25) is 0 Å². The Balaban J connectivity index is 1.37. The third-order valence-corrected chi connectivity index (χ3v) is 8.27. The van der Waals surface area contributed by atoms with Gasteiger partial charge in [-0.25, -0.2) is 4.98 Å². The molecule has 7 nitrogen and oxygen atoms in total. The van der Waals surface area contributed by atoms with Crippen molar-refractivity contribution in [3.63, 3.8) is 0 Å². The van der Waals surface area contributed by atoms with E-state index in [1.54, 1.807) is 20.2 Å². The number of ether oxygens (including phenoxy) is 1. The molecule has 2 aromatic rings. The molecule has 0 spiro atoms. The summed E-state index contributed by atoms with van der Waals surface area (Å²) in [6, 6.07) is 8.32. The van der Waals surface area contributed by atoms with Gasteiger partial charge >= 0.3 is 6.18 Å². The van der Waals surface area contributed by atoms with Crippen LogP contribution in [0.1, 0.15) is 44.6 Å². The minimum absolute atomic E-state index is 0.0212. The Labute approximate surface area is 221 Å². The lowest BCUT2D eigenvalue weighted by molar-refractivity contribution is -0.188. The quantitative estimate of drug-likeness (QED) is 0.562. The summed E-state index contributed by atoms with van der Waals surface area (Å²) in [6.07, 6.45) is -0.203. The maximum Gasteiger partial charge on any atom is 0.404 e. The summed E-state index contributed by atoms with van der Waals surface area (Å²) in [4.78, 5) is 24.1. The molecule has 1 unspecified atom stereocenters. The van der Waals surface area contributed by atoms with Crippen molar-refractivity contribution < 1.29 is 22.7 Å². The van der Waals surface area contributed by atoms with Gasteiger partial charge in [0.25, 0.3) is 0 Å². The van der Waals surface area contributed by atoms with Crippen LogP contribution < -0.4 is 15.1 Å². The van der Waals surface area contributed by atoms with Gasteiger partial charge in [0.05, 0.1) is 31.1 Å². The summed E-state index contributed by atoms with van der Waals surface area (Å²) < 4.78 is 46.1. The molecule has 10 heteroatoms. The monoisotopic (exact) mass is 531 g/mol. The van der Waals surface area contributed by atoms with Crippen LogP contribution in [-0.2, 0) is 16.1 Å². The van der Waals surface area contributed by atoms with Crippen LogP contribution in [-0.4, -0.2) is 67.4 Å². The first kappa shape index (κ1) is 26.7. The first-order valence-electron chi connectivity index (χ1n) is 13.5. The van der Waals surface area contributed by atoms with Crippen molar-refractivity contribution in [3.8, 4) is 0 Å². The topological polar surface area (TPSA) is 60.9 Å². The molecule has 0 radical (unpaired) electrons. The van der Waals surface area contributed by atoms with E-state index < -0.39 is 12.2 Å². The number of nitrogens with one attached hydrogen (secondary N) is 1. The van der Waals surface area contributed by atoms with E-state index in [-0.39, 0.29) is 24.3 Å². The number of anilines is 4. The number of amides is 1. The van der Waals surface area contributed by atoms with Gasteiger partial charge in [0.1, 0.15) is 11.9 Å². The summed E-state index contributed by atoms with van der Waals surface area (Å²) in [6.45, 7) is 4.87. The summed E-state index contributed by atoms with van der Waals surface area (Å²) in [5.41, 5.74) is 3.58. The smallest absolute Gasteiger partial charge is 0.378 e. The van der Waals surface area contributed by atoms with Crippen molar-refractivity contribution in [1.29, 1.82) is 0 Å². The summed E-state index contributed by atoms with van der Waals surface area (Å²) in [5, 5.41) is 3.41. The Hall–Kier alpha value is -2.85. The Morgan fingerprint density at radius 3 is 2.61 bits per heavy atom. The number of alkyl halides is 3. The zero-order valence-electron chi connectivity index (χ0n) is 22.0.